The van der Waals surface area contributed by atoms with E-state index in [2.05, 4.69) is 0 Å². The molecule has 1 fully saturated rings. The van der Waals surface area contributed by atoms with Gasteiger partial charge in [0.25, 0.3) is 0 Å². The van der Waals surface area contributed by atoms with E-state index < -0.39 is 5.91 Å². The summed E-state index contributed by atoms with van der Waals surface area (Å²) in [6, 6.07) is 0. The monoisotopic (exact) mass is 353 g/mol. The van der Waals surface area contributed by atoms with E-state index in [1.807, 2.05) is 0 Å². The van der Waals surface area contributed by atoms with Crippen LogP contribution in [0.3, 0.4) is 0 Å². The van der Waals surface area contributed by atoms with E-state index in [-0.39, 0.29) is 26.5 Å². The number of nitrogens with two attached hydrogens (primary N) is 1. The zero-order valence-electron chi connectivity index (χ0n) is 7.84. The smallest absolute Gasteiger partial charge is 0.0493 e. The summed E-state index contributed by atoms with van der Waals surface area (Å²) in [6.07, 6.45) is 6.04. The molecule has 0 aromatic heterocycles. The molecular weight excluding hydrogens is 336 g/mol. The van der Waals surface area contributed by atoms with Gasteiger partial charge in [0.15, 0.2) is 0 Å². The second-order valence-electron chi connectivity index (χ2n) is 3.86. The molecule has 0 spiro atoms. The maximum Gasteiger partial charge on any atom is 0.0493 e. The van der Waals surface area contributed by atoms with Gasteiger partial charge in [0.05, 0.1) is 0 Å². The Labute approximate surface area is 93.9 Å². The fourth-order valence-corrected chi connectivity index (χ4v) is 2.10. The van der Waals surface area contributed by atoms with Crippen molar-refractivity contribution in [1.29, 1.82) is 0 Å². The van der Waals surface area contributed by atoms with Gasteiger partial charge in [-0.2, -0.15) is 0 Å². The van der Waals surface area contributed by atoms with Crippen LogP contribution in [0.15, 0.2) is 0 Å². The van der Waals surface area contributed by atoms with Crippen molar-refractivity contribution in [2.75, 3.05) is 6.54 Å². The van der Waals surface area contributed by atoms with Crippen molar-refractivity contribution in [3.63, 3.8) is 0 Å². The van der Waals surface area contributed by atoms with Gasteiger partial charge in [-0.15, -0.1) is 0 Å². The molecular formula is C9H17N2OW-. The number of carbonyl (C=O) groups excluding carboxylic acids is 1. The molecule has 13 heavy (non-hydrogen) atoms. The summed E-state index contributed by atoms with van der Waals surface area (Å²) in [4.78, 5) is 10.7. The molecule has 4 heteroatoms. The Kier molecular flexibility index (Phi) is 5.82. The quantitative estimate of drug-likeness (QED) is 0.842. The largest absolute Gasteiger partial charge is 0.668 e. The Morgan fingerprint density at radius 3 is 2.23 bits per heavy atom. The van der Waals surface area contributed by atoms with E-state index in [0.29, 0.717) is 13.0 Å². The van der Waals surface area contributed by atoms with Crippen LogP contribution in [0.2, 0.25) is 0 Å². The van der Waals surface area contributed by atoms with Gasteiger partial charge in [0.1, 0.15) is 0 Å². The second kappa shape index (κ2) is 5.77. The number of carbonyl (C=O) groups is 1. The average Bonchev–Trinajstić information content (AvgIpc) is 2.05. The third-order valence-electron chi connectivity index (χ3n) is 2.88. The van der Waals surface area contributed by atoms with Crippen LogP contribution in [-0.2, 0) is 25.9 Å². The topological polar surface area (TPSA) is 66.9 Å². The van der Waals surface area contributed by atoms with E-state index in [0.717, 1.165) is 12.8 Å². The van der Waals surface area contributed by atoms with Gasteiger partial charge in [-0.3, -0.25) is 0 Å². The van der Waals surface area contributed by atoms with Crippen molar-refractivity contribution < 1.29 is 25.9 Å². The molecule has 1 aliphatic carbocycles. The van der Waals surface area contributed by atoms with Crippen LogP contribution in [0.5, 0.6) is 0 Å². The molecule has 0 bridgehead atoms. The Bertz CT molecular complexity index is 167. The van der Waals surface area contributed by atoms with Crippen LogP contribution >= 0.6 is 0 Å². The number of nitrogens with one attached hydrogen (secondary N) is 1. The van der Waals surface area contributed by atoms with Gasteiger partial charge >= 0.3 is 0 Å². The van der Waals surface area contributed by atoms with Crippen LogP contribution in [0.4, 0.5) is 0 Å². The molecule has 0 aliphatic heterocycles. The molecule has 3 nitrogen and oxygen atoms in total. The summed E-state index contributed by atoms with van der Waals surface area (Å²) in [7, 11) is 0. The fourth-order valence-electron chi connectivity index (χ4n) is 2.10. The standard InChI is InChI=1S/C9H18N2O.W/c10-7-9(6-8(11)12)4-2-1-3-5-9;/h1-7,10H2,(H2,11,12);/p-1. The number of hydrogen-bond donors (Lipinski definition) is 1. The Hall–Kier alpha value is 0.118. The predicted molar refractivity (Wildman–Crippen MR) is 48.5 cm³/mol. The minimum atomic E-state index is -0.456. The summed E-state index contributed by atoms with van der Waals surface area (Å²) in [5.74, 6) is -0.456. The number of hydrogen-bond acceptors (Lipinski definition) is 2. The average molecular weight is 353 g/mol. The summed E-state index contributed by atoms with van der Waals surface area (Å²) in [6.45, 7) is 0.567. The van der Waals surface area contributed by atoms with Crippen molar-refractivity contribution in [3.8, 4) is 0 Å². The van der Waals surface area contributed by atoms with Crippen molar-refractivity contribution in [2.45, 2.75) is 38.5 Å². The molecule has 0 aromatic rings. The summed E-state index contributed by atoms with van der Waals surface area (Å²) in [5, 5.41) is 0. The third kappa shape index (κ3) is 3.78. The molecule has 1 saturated carbocycles. The molecule has 0 unspecified atom stereocenters. The SMILES string of the molecule is [NH-]C(=O)CC1(CN)CCCCC1.[W]. The first-order chi connectivity index (χ1) is 5.68. The molecule has 3 N–H and O–H groups in total. The number of rotatable bonds is 3. The Morgan fingerprint density at radius 1 is 1.31 bits per heavy atom. The molecule has 0 atom stereocenters. The fraction of sp³-hybridized carbons (Fsp3) is 0.889. The molecule has 0 radical (unpaired) electrons. The van der Waals surface area contributed by atoms with Crippen LogP contribution in [0.1, 0.15) is 38.5 Å². The first-order valence-electron chi connectivity index (χ1n) is 4.63. The van der Waals surface area contributed by atoms with Gasteiger partial charge in [-0.05, 0) is 31.2 Å². The van der Waals surface area contributed by atoms with Crippen LogP contribution in [-0.4, -0.2) is 12.5 Å². The van der Waals surface area contributed by atoms with Crippen molar-refractivity contribution in [1.82, 2.24) is 0 Å². The van der Waals surface area contributed by atoms with E-state index in [4.69, 9.17) is 11.5 Å². The van der Waals surface area contributed by atoms with Gasteiger partial charge in [-0.25, -0.2) is 0 Å². The number of amides is 1. The molecule has 0 heterocycles. The normalized spacial score (nSPS) is 20.4. The van der Waals surface area contributed by atoms with Gasteiger partial charge in [-0.1, -0.05) is 19.3 Å². The molecule has 76 valence electrons. The van der Waals surface area contributed by atoms with Crippen LogP contribution in [0.25, 0.3) is 5.73 Å². The van der Waals surface area contributed by atoms with Crippen LogP contribution < -0.4 is 5.73 Å². The van der Waals surface area contributed by atoms with Gasteiger partial charge in [0.2, 0.25) is 0 Å². The second-order valence-corrected chi connectivity index (χ2v) is 3.86. The molecule has 0 aromatic carbocycles. The summed E-state index contributed by atoms with van der Waals surface area (Å²) in [5.41, 5.74) is 12.6. The van der Waals surface area contributed by atoms with E-state index in [1.54, 1.807) is 0 Å². The Morgan fingerprint density at radius 2 is 1.85 bits per heavy atom. The molecule has 0 saturated heterocycles. The molecule has 1 amide bonds. The van der Waals surface area contributed by atoms with Gasteiger partial charge < -0.3 is 16.3 Å². The maximum atomic E-state index is 10.7. The molecule has 1 rings (SSSR count). The Balaban J connectivity index is 0.00000144. The summed E-state index contributed by atoms with van der Waals surface area (Å²) >= 11 is 0. The van der Waals surface area contributed by atoms with Crippen LogP contribution in [0, 0.1) is 5.41 Å². The van der Waals surface area contributed by atoms with E-state index in [9.17, 15) is 4.79 Å². The minimum absolute atomic E-state index is 0. The first-order valence-corrected chi connectivity index (χ1v) is 4.63. The minimum Gasteiger partial charge on any atom is -0.668 e. The van der Waals surface area contributed by atoms with Gasteiger partial charge in [0, 0.05) is 27.0 Å². The third-order valence-corrected chi connectivity index (χ3v) is 2.88. The van der Waals surface area contributed by atoms with E-state index in [1.165, 1.54) is 19.3 Å². The maximum absolute atomic E-state index is 10.7. The van der Waals surface area contributed by atoms with E-state index >= 15 is 0 Å². The zero-order chi connectivity index (χ0) is 9.03. The van der Waals surface area contributed by atoms with Crippen molar-refractivity contribution in [3.05, 3.63) is 5.73 Å². The zero-order valence-corrected chi connectivity index (χ0v) is 10.8. The summed E-state index contributed by atoms with van der Waals surface area (Å²) < 4.78 is 0. The first kappa shape index (κ1) is 13.1. The van der Waals surface area contributed by atoms with Crippen molar-refractivity contribution in [2.24, 2.45) is 11.1 Å². The predicted octanol–water partition coefficient (Wildman–Crippen LogP) is 1.86. The molecule has 1 aliphatic rings. The van der Waals surface area contributed by atoms with Crippen molar-refractivity contribution >= 4 is 5.91 Å².